The third-order valence-corrected chi connectivity index (χ3v) is 6.69. The number of ether oxygens (including phenoxy) is 1. The highest BCUT2D eigenvalue weighted by Crippen LogP contribution is 2.27. The molecule has 2 aliphatic heterocycles. The molecule has 9 nitrogen and oxygen atoms in total. The lowest BCUT2D eigenvalue weighted by Gasteiger charge is -2.34. The molecule has 0 aliphatic carbocycles. The van der Waals surface area contributed by atoms with Crippen LogP contribution in [0.2, 0.25) is 0 Å². The monoisotopic (exact) mass is 478 g/mol. The summed E-state index contributed by atoms with van der Waals surface area (Å²) >= 11 is 0. The van der Waals surface area contributed by atoms with Crippen LogP contribution in [0.25, 0.3) is 0 Å². The number of hydrogen-bond acceptors (Lipinski definition) is 7. The number of benzene rings is 1. The fourth-order valence-electron chi connectivity index (χ4n) is 4.54. The molecule has 0 bridgehead atoms. The Morgan fingerprint density at radius 2 is 1.89 bits per heavy atom. The molecule has 0 spiro atoms. The van der Waals surface area contributed by atoms with Gasteiger partial charge in [0.05, 0.1) is 12.1 Å². The molecule has 35 heavy (non-hydrogen) atoms. The molecule has 0 saturated carbocycles. The van der Waals surface area contributed by atoms with Crippen molar-refractivity contribution < 1.29 is 14.3 Å². The van der Waals surface area contributed by atoms with Crippen molar-refractivity contribution >= 4 is 29.5 Å². The zero-order valence-corrected chi connectivity index (χ0v) is 20.6. The van der Waals surface area contributed by atoms with Crippen LogP contribution < -0.4 is 20.4 Å². The van der Waals surface area contributed by atoms with Crippen LogP contribution in [0.15, 0.2) is 49.2 Å². The molecule has 3 heterocycles. The zero-order valence-electron chi connectivity index (χ0n) is 20.6. The number of nitrogens with zero attached hydrogens (tertiary/aromatic N) is 4. The number of cyclic esters (lactones) is 1. The van der Waals surface area contributed by atoms with E-state index in [2.05, 4.69) is 77.1 Å². The highest BCUT2D eigenvalue weighted by atomic mass is 16.6. The van der Waals surface area contributed by atoms with Crippen LogP contribution in [0.3, 0.4) is 0 Å². The Labute approximate surface area is 206 Å². The number of nitrogens with one attached hydrogen (secondary N) is 2. The lowest BCUT2D eigenvalue weighted by Crippen LogP contribution is -2.44. The predicted octanol–water partition coefficient (Wildman–Crippen LogP) is 3.90. The van der Waals surface area contributed by atoms with E-state index in [4.69, 9.17) is 4.74 Å². The van der Waals surface area contributed by atoms with E-state index in [1.165, 1.54) is 11.8 Å². The fourth-order valence-corrected chi connectivity index (χ4v) is 4.54. The standard InChI is InChI=1S/C26H34N6O3/c1-5-24(33)29-20-11-14-31(15-12-20)21-8-6-19(7-9-21)18(4)28-25-27-13-10-23(30-25)32-22(17(2)3)16-35-26(32)34/h5-10,13,17-18,20,22H,1,11-12,14-16H2,2-4H3,(H,29,33)(H,27,28,30)/t18-,22+/m0/s1. The highest BCUT2D eigenvalue weighted by Gasteiger charge is 2.37. The average Bonchev–Trinajstić information content (AvgIpc) is 3.26. The Morgan fingerprint density at radius 1 is 1.17 bits per heavy atom. The van der Waals surface area contributed by atoms with Crippen molar-refractivity contribution in [1.29, 1.82) is 0 Å². The van der Waals surface area contributed by atoms with Gasteiger partial charge in [0.25, 0.3) is 0 Å². The molecule has 2 amide bonds. The molecule has 2 N–H and O–H groups in total. The van der Waals surface area contributed by atoms with Crippen molar-refractivity contribution in [3.63, 3.8) is 0 Å². The van der Waals surface area contributed by atoms with Gasteiger partial charge in [-0.05, 0) is 55.5 Å². The summed E-state index contributed by atoms with van der Waals surface area (Å²) in [6.45, 7) is 11.9. The Morgan fingerprint density at radius 3 is 2.54 bits per heavy atom. The van der Waals surface area contributed by atoms with E-state index >= 15 is 0 Å². The normalized spacial score (nSPS) is 19.4. The van der Waals surface area contributed by atoms with Crippen LogP contribution in [-0.2, 0) is 9.53 Å². The Kier molecular flexibility index (Phi) is 7.53. The molecule has 0 radical (unpaired) electrons. The third-order valence-electron chi connectivity index (χ3n) is 6.69. The smallest absolute Gasteiger partial charge is 0.415 e. The maximum Gasteiger partial charge on any atom is 0.415 e. The second-order valence-electron chi connectivity index (χ2n) is 9.43. The number of piperidine rings is 1. The van der Waals surface area contributed by atoms with Gasteiger partial charge in [0.2, 0.25) is 11.9 Å². The number of aromatic nitrogens is 2. The van der Waals surface area contributed by atoms with Crippen LogP contribution in [0.4, 0.5) is 22.2 Å². The molecule has 2 aromatic rings. The largest absolute Gasteiger partial charge is 0.447 e. The number of carbonyl (C=O) groups is 2. The topological polar surface area (TPSA) is 99.7 Å². The van der Waals surface area contributed by atoms with Gasteiger partial charge in [0.1, 0.15) is 12.4 Å². The van der Waals surface area contributed by atoms with Crippen LogP contribution in [0.1, 0.15) is 45.2 Å². The van der Waals surface area contributed by atoms with Gasteiger partial charge < -0.3 is 20.3 Å². The first-order valence-electron chi connectivity index (χ1n) is 12.2. The summed E-state index contributed by atoms with van der Waals surface area (Å²) in [5, 5.41) is 6.33. The average molecular weight is 479 g/mol. The van der Waals surface area contributed by atoms with Gasteiger partial charge in [0.15, 0.2) is 0 Å². The van der Waals surface area contributed by atoms with Gasteiger partial charge in [-0.15, -0.1) is 0 Å². The van der Waals surface area contributed by atoms with Crippen LogP contribution in [-0.4, -0.2) is 53.7 Å². The number of amides is 2. The van der Waals surface area contributed by atoms with Crippen LogP contribution in [0, 0.1) is 5.92 Å². The molecule has 2 aliphatic rings. The number of hydrogen-bond donors (Lipinski definition) is 2. The molecule has 1 aromatic carbocycles. The van der Waals surface area contributed by atoms with Crippen LogP contribution >= 0.6 is 0 Å². The molecular weight excluding hydrogens is 444 g/mol. The molecule has 4 rings (SSSR count). The molecule has 1 aromatic heterocycles. The second-order valence-corrected chi connectivity index (χ2v) is 9.43. The molecule has 186 valence electrons. The minimum absolute atomic E-state index is 0.0226. The quantitative estimate of drug-likeness (QED) is 0.555. The van der Waals surface area contributed by atoms with Gasteiger partial charge in [-0.1, -0.05) is 32.6 Å². The third kappa shape index (κ3) is 5.72. The number of anilines is 3. The van der Waals surface area contributed by atoms with Gasteiger partial charge in [0, 0.05) is 31.0 Å². The predicted molar refractivity (Wildman–Crippen MR) is 137 cm³/mol. The summed E-state index contributed by atoms with van der Waals surface area (Å²) in [6, 6.07) is 10.3. The SMILES string of the molecule is C=CC(=O)NC1CCN(c2ccc([C@H](C)Nc3nccc(N4C(=O)OC[C@@H]4C(C)C)n3)cc2)CC1. The van der Waals surface area contributed by atoms with E-state index in [1.807, 2.05) is 0 Å². The van der Waals surface area contributed by atoms with Crippen LogP contribution in [0.5, 0.6) is 0 Å². The van der Waals surface area contributed by atoms with Crippen molar-refractivity contribution in [2.75, 3.05) is 34.8 Å². The number of carbonyl (C=O) groups excluding carboxylic acids is 2. The summed E-state index contributed by atoms with van der Waals surface area (Å²) in [6.07, 6.45) is 4.43. The Hall–Kier alpha value is -3.62. The summed E-state index contributed by atoms with van der Waals surface area (Å²) in [5.41, 5.74) is 2.27. The molecule has 9 heteroatoms. The first-order valence-corrected chi connectivity index (χ1v) is 12.2. The lowest BCUT2D eigenvalue weighted by atomic mass is 10.0. The lowest BCUT2D eigenvalue weighted by molar-refractivity contribution is -0.117. The summed E-state index contributed by atoms with van der Waals surface area (Å²) in [5.74, 6) is 1.15. The van der Waals surface area contributed by atoms with E-state index in [-0.39, 0.29) is 36.0 Å². The number of rotatable bonds is 8. The molecule has 2 atom stereocenters. The summed E-state index contributed by atoms with van der Waals surface area (Å²) in [4.78, 5) is 36.7. The summed E-state index contributed by atoms with van der Waals surface area (Å²) in [7, 11) is 0. The maximum atomic E-state index is 12.3. The molecular formula is C26H34N6O3. The van der Waals surface area contributed by atoms with E-state index in [1.54, 1.807) is 17.2 Å². The Bertz CT molecular complexity index is 1050. The van der Waals surface area contributed by atoms with Crippen molar-refractivity contribution in [2.45, 2.75) is 51.7 Å². The zero-order chi connectivity index (χ0) is 24.9. The summed E-state index contributed by atoms with van der Waals surface area (Å²) < 4.78 is 5.25. The second kappa shape index (κ2) is 10.8. The highest BCUT2D eigenvalue weighted by molar-refractivity contribution is 5.89. The van der Waals surface area contributed by atoms with Gasteiger partial charge in [-0.2, -0.15) is 4.98 Å². The van der Waals surface area contributed by atoms with Crippen molar-refractivity contribution in [2.24, 2.45) is 5.92 Å². The van der Waals surface area contributed by atoms with Gasteiger partial charge in [-0.3, -0.25) is 9.69 Å². The molecule has 2 saturated heterocycles. The Balaban J connectivity index is 1.37. The first-order chi connectivity index (χ1) is 16.9. The minimum atomic E-state index is -0.371. The van der Waals surface area contributed by atoms with Gasteiger partial charge in [-0.25, -0.2) is 9.78 Å². The first kappa shape index (κ1) is 24.5. The van der Waals surface area contributed by atoms with E-state index in [9.17, 15) is 9.59 Å². The van der Waals surface area contributed by atoms with E-state index < -0.39 is 0 Å². The van der Waals surface area contributed by atoms with Crippen molar-refractivity contribution in [3.05, 3.63) is 54.7 Å². The maximum absolute atomic E-state index is 12.3. The van der Waals surface area contributed by atoms with Crippen molar-refractivity contribution in [3.8, 4) is 0 Å². The fraction of sp³-hybridized carbons (Fsp3) is 0.462. The van der Waals surface area contributed by atoms with E-state index in [0.717, 1.165) is 31.5 Å². The van der Waals surface area contributed by atoms with Crippen molar-refractivity contribution in [1.82, 2.24) is 15.3 Å². The van der Waals surface area contributed by atoms with E-state index in [0.29, 0.717) is 18.4 Å². The minimum Gasteiger partial charge on any atom is -0.447 e. The van der Waals surface area contributed by atoms with Gasteiger partial charge >= 0.3 is 6.09 Å². The molecule has 0 unspecified atom stereocenters. The molecule has 2 fully saturated rings.